The maximum absolute atomic E-state index is 12.0. The summed E-state index contributed by atoms with van der Waals surface area (Å²) >= 11 is 0. The molecule has 0 spiro atoms. The highest BCUT2D eigenvalue weighted by molar-refractivity contribution is 5.75. The highest BCUT2D eigenvalue weighted by Gasteiger charge is 2.61. The van der Waals surface area contributed by atoms with E-state index in [-0.39, 0.29) is 36.3 Å². The topological polar surface area (TPSA) is 71.1 Å². The van der Waals surface area contributed by atoms with E-state index in [0.717, 1.165) is 12.8 Å². The van der Waals surface area contributed by atoms with Crippen molar-refractivity contribution in [3.63, 3.8) is 0 Å². The molecule has 0 aromatic carbocycles. The Labute approximate surface area is 117 Å². The molecule has 3 aliphatic heterocycles. The monoisotopic (exact) mass is 284 g/mol. The zero-order valence-corrected chi connectivity index (χ0v) is 12.0. The molecule has 3 rings (SSSR count). The molecule has 0 aromatic heterocycles. The average molecular weight is 284 g/mol. The van der Waals surface area contributed by atoms with Gasteiger partial charge in [0.05, 0.1) is 18.1 Å². The molecule has 0 N–H and O–H groups in total. The van der Waals surface area contributed by atoms with Gasteiger partial charge >= 0.3 is 12.1 Å². The van der Waals surface area contributed by atoms with Crippen molar-refractivity contribution in [3.8, 4) is 0 Å². The molecule has 3 fully saturated rings. The van der Waals surface area contributed by atoms with E-state index in [0.29, 0.717) is 6.61 Å². The maximum atomic E-state index is 12.0. The molecule has 3 saturated heterocycles. The van der Waals surface area contributed by atoms with Crippen LogP contribution in [0.4, 0.5) is 4.79 Å². The van der Waals surface area contributed by atoms with Gasteiger partial charge in [0, 0.05) is 5.92 Å². The first kappa shape index (κ1) is 13.7. The number of carbonyl (C=O) groups excluding carboxylic acids is 2. The minimum absolute atomic E-state index is 0.0763. The lowest BCUT2D eigenvalue weighted by atomic mass is 9.85. The van der Waals surface area contributed by atoms with Crippen LogP contribution in [-0.4, -0.2) is 43.1 Å². The molecular weight excluding hydrogens is 264 g/mol. The zero-order chi connectivity index (χ0) is 14.5. The van der Waals surface area contributed by atoms with Gasteiger partial charge in [0.1, 0.15) is 6.10 Å². The molecule has 5 unspecified atom stereocenters. The SMILES string of the molecule is CCC(C)(C)C(=O)OCC1CC2OC1C1OC(=O)OC21. The molecule has 0 aliphatic carbocycles. The van der Waals surface area contributed by atoms with Crippen LogP contribution in [0.2, 0.25) is 0 Å². The predicted octanol–water partition coefficient (Wildman–Crippen LogP) is 1.66. The van der Waals surface area contributed by atoms with Crippen molar-refractivity contribution in [3.05, 3.63) is 0 Å². The summed E-state index contributed by atoms with van der Waals surface area (Å²) in [6.45, 7) is 6.01. The highest BCUT2D eigenvalue weighted by Crippen LogP contribution is 2.45. The lowest BCUT2D eigenvalue weighted by Crippen LogP contribution is -2.41. The first-order valence-corrected chi connectivity index (χ1v) is 7.12. The van der Waals surface area contributed by atoms with Gasteiger partial charge in [0.25, 0.3) is 0 Å². The zero-order valence-electron chi connectivity index (χ0n) is 12.0. The Morgan fingerprint density at radius 3 is 2.70 bits per heavy atom. The number of hydrogen-bond acceptors (Lipinski definition) is 6. The van der Waals surface area contributed by atoms with Crippen LogP contribution < -0.4 is 0 Å². The van der Waals surface area contributed by atoms with Crippen LogP contribution in [0, 0.1) is 11.3 Å². The van der Waals surface area contributed by atoms with Gasteiger partial charge in [-0.2, -0.15) is 0 Å². The van der Waals surface area contributed by atoms with Gasteiger partial charge in [-0.05, 0) is 26.7 Å². The Kier molecular flexibility index (Phi) is 3.16. The van der Waals surface area contributed by atoms with Crippen LogP contribution in [0.15, 0.2) is 0 Å². The van der Waals surface area contributed by atoms with E-state index < -0.39 is 11.6 Å². The summed E-state index contributed by atoms with van der Waals surface area (Å²) in [4.78, 5) is 23.1. The number of ether oxygens (including phenoxy) is 4. The smallest absolute Gasteiger partial charge is 0.465 e. The van der Waals surface area contributed by atoms with Gasteiger partial charge in [0.2, 0.25) is 0 Å². The second-order valence-corrected chi connectivity index (χ2v) is 6.39. The Balaban J connectivity index is 1.56. The van der Waals surface area contributed by atoms with Crippen LogP contribution in [0.3, 0.4) is 0 Å². The number of esters is 1. The van der Waals surface area contributed by atoms with E-state index in [1.807, 2.05) is 20.8 Å². The Hall–Kier alpha value is -1.30. The van der Waals surface area contributed by atoms with Crippen molar-refractivity contribution < 1.29 is 28.5 Å². The second-order valence-electron chi connectivity index (χ2n) is 6.39. The quantitative estimate of drug-likeness (QED) is 0.731. The fourth-order valence-corrected chi connectivity index (χ4v) is 2.97. The summed E-state index contributed by atoms with van der Waals surface area (Å²) in [5.74, 6) is -0.119. The Morgan fingerprint density at radius 2 is 2.00 bits per heavy atom. The van der Waals surface area contributed by atoms with Gasteiger partial charge in [-0.25, -0.2) is 4.79 Å². The summed E-state index contributed by atoms with van der Waals surface area (Å²) in [5.41, 5.74) is -0.468. The number of fused-ring (bicyclic) bond motifs is 5. The van der Waals surface area contributed by atoms with E-state index in [1.165, 1.54) is 0 Å². The molecule has 3 aliphatic rings. The van der Waals surface area contributed by atoms with Gasteiger partial charge in [-0.3, -0.25) is 4.79 Å². The third kappa shape index (κ3) is 2.06. The Morgan fingerprint density at radius 1 is 1.30 bits per heavy atom. The van der Waals surface area contributed by atoms with Crippen LogP contribution in [0.25, 0.3) is 0 Å². The molecule has 3 heterocycles. The van der Waals surface area contributed by atoms with Crippen molar-refractivity contribution in [1.82, 2.24) is 0 Å². The van der Waals surface area contributed by atoms with Gasteiger partial charge in [0.15, 0.2) is 12.2 Å². The van der Waals surface area contributed by atoms with Gasteiger partial charge in [-0.15, -0.1) is 0 Å². The summed E-state index contributed by atoms with van der Waals surface area (Å²) < 4.78 is 21.3. The molecule has 20 heavy (non-hydrogen) atoms. The van der Waals surface area contributed by atoms with Crippen LogP contribution in [0.1, 0.15) is 33.6 Å². The average Bonchev–Trinajstić information content (AvgIpc) is 3.05. The molecular formula is C14H20O6. The van der Waals surface area contributed by atoms with Crippen LogP contribution in [0.5, 0.6) is 0 Å². The molecule has 0 amide bonds. The summed E-state index contributed by atoms with van der Waals surface area (Å²) in [6, 6.07) is 0. The summed E-state index contributed by atoms with van der Waals surface area (Å²) in [6.07, 6.45) is -0.121. The fraction of sp³-hybridized carbons (Fsp3) is 0.857. The third-order valence-electron chi connectivity index (χ3n) is 4.68. The van der Waals surface area contributed by atoms with E-state index >= 15 is 0 Å². The highest BCUT2D eigenvalue weighted by atomic mass is 16.8. The van der Waals surface area contributed by atoms with E-state index in [1.54, 1.807) is 0 Å². The maximum Gasteiger partial charge on any atom is 0.509 e. The van der Waals surface area contributed by atoms with Crippen molar-refractivity contribution in [2.45, 2.75) is 58.0 Å². The normalized spacial score (nSPS) is 38.4. The molecule has 5 atom stereocenters. The molecule has 0 saturated carbocycles. The second kappa shape index (κ2) is 4.62. The van der Waals surface area contributed by atoms with Gasteiger partial charge in [-0.1, -0.05) is 6.92 Å². The van der Waals surface area contributed by atoms with E-state index in [2.05, 4.69) is 0 Å². The fourth-order valence-electron chi connectivity index (χ4n) is 2.97. The molecule has 6 heteroatoms. The first-order chi connectivity index (χ1) is 9.42. The number of hydrogen-bond donors (Lipinski definition) is 0. The minimum Gasteiger partial charge on any atom is -0.465 e. The Bertz CT molecular complexity index is 431. The number of carbonyl (C=O) groups is 2. The van der Waals surface area contributed by atoms with Crippen molar-refractivity contribution in [1.29, 1.82) is 0 Å². The molecule has 0 radical (unpaired) electrons. The number of rotatable bonds is 4. The van der Waals surface area contributed by atoms with Crippen molar-refractivity contribution in [2.75, 3.05) is 6.61 Å². The van der Waals surface area contributed by atoms with E-state index in [4.69, 9.17) is 18.9 Å². The van der Waals surface area contributed by atoms with E-state index in [9.17, 15) is 9.59 Å². The van der Waals surface area contributed by atoms with Crippen molar-refractivity contribution >= 4 is 12.1 Å². The summed E-state index contributed by atoms with van der Waals surface area (Å²) in [7, 11) is 0. The van der Waals surface area contributed by atoms with Gasteiger partial charge < -0.3 is 18.9 Å². The molecule has 2 bridgehead atoms. The predicted molar refractivity (Wildman–Crippen MR) is 66.9 cm³/mol. The molecule has 6 nitrogen and oxygen atoms in total. The lowest BCUT2D eigenvalue weighted by molar-refractivity contribution is -0.156. The third-order valence-corrected chi connectivity index (χ3v) is 4.68. The van der Waals surface area contributed by atoms with Crippen molar-refractivity contribution in [2.24, 2.45) is 11.3 Å². The van der Waals surface area contributed by atoms with Crippen LogP contribution in [-0.2, 0) is 23.7 Å². The largest absolute Gasteiger partial charge is 0.509 e. The molecule has 0 aromatic rings. The lowest BCUT2D eigenvalue weighted by Gasteiger charge is -2.26. The minimum atomic E-state index is -0.622. The first-order valence-electron chi connectivity index (χ1n) is 7.12. The standard InChI is InChI=1S/C14H20O6/c1-4-14(2,3)12(15)17-6-7-5-8-10-11(9(7)18-8)20-13(16)19-10/h7-11H,4-6H2,1-3H3. The molecule has 112 valence electrons. The summed E-state index contributed by atoms with van der Waals surface area (Å²) in [5, 5.41) is 0. The van der Waals surface area contributed by atoms with Crippen LogP contribution >= 0.6 is 0 Å².